The number of likely N-dealkylation sites (N-methyl/N-ethyl adjacent to an activating group) is 1. The zero-order chi connectivity index (χ0) is 38.1. The van der Waals surface area contributed by atoms with E-state index >= 15 is 0 Å². The summed E-state index contributed by atoms with van der Waals surface area (Å²) in [6.07, 6.45) is 14.7. The number of nitrogens with one attached hydrogen (secondary N) is 2. The van der Waals surface area contributed by atoms with Crippen LogP contribution in [0.15, 0.2) is 12.7 Å². The molecule has 6 atom stereocenters. The van der Waals surface area contributed by atoms with Gasteiger partial charge in [-0.15, -0.1) is 18.9 Å². The molecular weight excluding hydrogens is 671 g/mol. The maximum atomic E-state index is 14.7. The van der Waals surface area contributed by atoms with Gasteiger partial charge in [-0.3, -0.25) is 19.2 Å². The number of urea groups is 1. The van der Waals surface area contributed by atoms with Gasteiger partial charge in [-0.25, -0.2) is 4.79 Å². The third-order valence-corrected chi connectivity index (χ3v) is 13.0. The number of carbonyl (C=O) groups excluding carboxylic acids is 5. The normalized spacial score (nSPS) is 22.9. The number of ketones is 3. The molecule has 1 heterocycles. The van der Waals surface area contributed by atoms with Crippen LogP contribution in [-0.2, 0) is 29.4 Å². The van der Waals surface area contributed by atoms with Crippen molar-refractivity contribution in [3.05, 3.63) is 12.7 Å². The Balaban J connectivity index is 1.88. The first-order chi connectivity index (χ1) is 23.9. The van der Waals surface area contributed by atoms with Crippen LogP contribution in [0.2, 0.25) is 0 Å². The Labute approximate surface area is 306 Å². The fraction of sp³-hybridized carbons (Fsp3) is 0.763. The summed E-state index contributed by atoms with van der Waals surface area (Å²) in [5, 5.41) is 5.95. The van der Waals surface area contributed by atoms with Crippen molar-refractivity contribution in [1.29, 1.82) is 0 Å². The van der Waals surface area contributed by atoms with Gasteiger partial charge in [0.1, 0.15) is 6.04 Å². The Hall–Kier alpha value is -3.08. The minimum Gasteiger partial charge on any atom is -0.334 e. The van der Waals surface area contributed by atoms with Crippen molar-refractivity contribution >= 4 is 39.5 Å². The number of nitrogens with zero attached hydrogens (tertiary/aromatic N) is 3. The third kappa shape index (κ3) is 11.0. The highest BCUT2D eigenvalue weighted by Gasteiger charge is 2.51. The van der Waals surface area contributed by atoms with Crippen LogP contribution in [0.25, 0.3) is 0 Å². The van der Waals surface area contributed by atoms with E-state index in [1.165, 1.54) is 25.4 Å². The van der Waals surface area contributed by atoms with Gasteiger partial charge < -0.3 is 15.5 Å². The van der Waals surface area contributed by atoms with E-state index in [2.05, 4.69) is 23.1 Å². The molecule has 13 heteroatoms. The van der Waals surface area contributed by atoms with Crippen LogP contribution in [0.5, 0.6) is 0 Å². The number of carbonyl (C=O) groups is 5. The molecule has 1 aliphatic heterocycles. The number of likely N-dealkylation sites (tertiary alicyclic amines) is 1. The van der Waals surface area contributed by atoms with E-state index in [1.807, 2.05) is 20.8 Å². The Morgan fingerprint density at radius 1 is 1.00 bits per heavy atom. The molecule has 1 unspecified atom stereocenters. The van der Waals surface area contributed by atoms with Crippen molar-refractivity contribution in [3.8, 4) is 12.3 Å². The highest BCUT2D eigenvalue weighted by molar-refractivity contribution is 7.86. The monoisotopic (exact) mass is 731 g/mol. The largest absolute Gasteiger partial charge is 0.334 e. The third-order valence-electron chi connectivity index (χ3n) is 11.1. The number of terminal acetylenes is 1. The van der Waals surface area contributed by atoms with Crippen LogP contribution in [0, 0.1) is 41.4 Å². The summed E-state index contributed by atoms with van der Waals surface area (Å²) in [5.41, 5.74) is -0.526. The Kier molecular flexibility index (Phi) is 15.4. The Morgan fingerprint density at radius 3 is 2.25 bits per heavy atom. The van der Waals surface area contributed by atoms with E-state index < -0.39 is 57.3 Å². The maximum absolute atomic E-state index is 14.7. The maximum Gasteiger partial charge on any atom is 0.315 e. The van der Waals surface area contributed by atoms with Gasteiger partial charge in [-0.05, 0) is 61.7 Å². The van der Waals surface area contributed by atoms with Crippen molar-refractivity contribution < 1.29 is 32.4 Å². The fourth-order valence-corrected chi connectivity index (χ4v) is 8.91. The van der Waals surface area contributed by atoms with E-state index in [0.29, 0.717) is 13.0 Å². The molecule has 0 bridgehead atoms. The minimum atomic E-state index is -3.73. The minimum absolute atomic E-state index is 0.0151. The molecule has 51 heavy (non-hydrogen) atoms. The van der Waals surface area contributed by atoms with Gasteiger partial charge >= 0.3 is 6.03 Å². The van der Waals surface area contributed by atoms with E-state index in [1.54, 1.807) is 11.0 Å². The molecule has 2 saturated carbocycles. The summed E-state index contributed by atoms with van der Waals surface area (Å²) in [6.45, 7) is 9.76. The van der Waals surface area contributed by atoms with Gasteiger partial charge in [0.25, 0.3) is 10.2 Å². The first-order valence-corrected chi connectivity index (χ1v) is 20.0. The molecule has 0 spiro atoms. The predicted molar refractivity (Wildman–Crippen MR) is 197 cm³/mol. The van der Waals surface area contributed by atoms with E-state index in [4.69, 9.17) is 6.42 Å². The van der Waals surface area contributed by atoms with Crippen LogP contribution in [0.4, 0.5) is 4.79 Å². The second-order valence-electron chi connectivity index (χ2n) is 16.0. The van der Waals surface area contributed by atoms with Crippen molar-refractivity contribution in [3.63, 3.8) is 0 Å². The number of hydrogen-bond donors (Lipinski definition) is 2. The molecule has 0 radical (unpaired) electrons. The molecule has 2 aliphatic carbocycles. The van der Waals surface area contributed by atoms with Crippen molar-refractivity contribution in [2.24, 2.45) is 29.1 Å². The lowest BCUT2D eigenvalue weighted by Crippen LogP contribution is -2.60. The molecule has 0 aromatic rings. The van der Waals surface area contributed by atoms with Crippen molar-refractivity contribution in [2.45, 2.75) is 122 Å². The molecule has 2 N–H and O–H groups in total. The first kappa shape index (κ1) is 42.3. The Bertz CT molecular complexity index is 1430. The van der Waals surface area contributed by atoms with Gasteiger partial charge in [0.2, 0.25) is 11.7 Å². The number of amides is 3. The molecule has 3 aliphatic rings. The van der Waals surface area contributed by atoms with Crippen molar-refractivity contribution in [2.75, 3.05) is 34.2 Å². The average molecular weight is 732 g/mol. The van der Waals surface area contributed by atoms with E-state index in [0.717, 1.165) is 55.7 Å². The van der Waals surface area contributed by atoms with E-state index in [9.17, 15) is 32.4 Å². The summed E-state index contributed by atoms with van der Waals surface area (Å²) in [4.78, 5) is 70.3. The molecule has 1 saturated heterocycles. The molecule has 286 valence electrons. The lowest BCUT2D eigenvalue weighted by Gasteiger charge is -2.38. The van der Waals surface area contributed by atoms with Crippen LogP contribution in [-0.4, -0.2) is 104 Å². The highest BCUT2D eigenvalue weighted by Crippen LogP contribution is 2.44. The van der Waals surface area contributed by atoms with E-state index in [-0.39, 0.29) is 61.7 Å². The average Bonchev–Trinajstić information content (AvgIpc) is 3.68. The number of fused-ring (bicyclic) bond motifs is 1. The van der Waals surface area contributed by atoms with Crippen LogP contribution in [0.1, 0.15) is 104 Å². The number of hydrogen-bond acceptors (Lipinski definition) is 7. The summed E-state index contributed by atoms with van der Waals surface area (Å²) >= 11 is 0. The van der Waals surface area contributed by atoms with Crippen LogP contribution in [0.3, 0.4) is 0 Å². The van der Waals surface area contributed by atoms with Gasteiger partial charge in [0.05, 0.1) is 6.04 Å². The smallest absolute Gasteiger partial charge is 0.315 e. The van der Waals surface area contributed by atoms with Gasteiger partial charge in [0, 0.05) is 65.5 Å². The zero-order valence-corrected chi connectivity index (χ0v) is 32.4. The van der Waals surface area contributed by atoms with Crippen LogP contribution < -0.4 is 10.6 Å². The number of rotatable bonds is 18. The van der Waals surface area contributed by atoms with Crippen LogP contribution >= 0.6 is 0 Å². The molecule has 3 amide bonds. The molecule has 12 nitrogen and oxygen atoms in total. The van der Waals surface area contributed by atoms with Crippen molar-refractivity contribution in [1.82, 2.24) is 24.1 Å². The highest BCUT2D eigenvalue weighted by atomic mass is 32.2. The lowest BCUT2D eigenvalue weighted by molar-refractivity contribution is -0.143. The topological polar surface area (TPSA) is 153 Å². The van der Waals surface area contributed by atoms with Gasteiger partial charge in [0.15, 0.2) is 11.6 Å². The summed E-state index contributed by atoms with van der Waals surface area (Å²) in [6, 6.07) is -2.80. The molecular formula is C38H61N5O7S. The fourth-order valence-electron chi connectivity index (χ4n) is 8.01. The number of allylic oxidation sites excluding steroid dienone is 1. The second-order valence-corrected chi connectivity index (χ2v) is 18.2. The second kappa shape index (κ2) is 18.6. The lowest BCUT2D eigenvalue weighted by atomic mass is 9.82. The standard InChI is InChI=1S/C38H61N5O7S/c1-9-11-17-27(35(46)30(44)22-12-10-2)23-31(45)34-29-21-16-20-28(29)24-43(34)36(47)33(26-18-14-13-15-19-26)40-37(48)39-32(38(3,4)5)25-42(8)51(49,50)41(6)7/h1,10,26-29,32-34H,2,11-25H2,3-8H3,(H2,39,40,48)/t27?,28-,29-,32+,33-,34-/m0/s1. The summed E-state index contributed by atoms with van der Waals surface area (Å²) < 4.78 is 27.9. The van der Waals surface area contributed by atoms with Gasteiger partial charge in [-0.1, -0.05) is 52.5 Å². The summed E-state index contributed by atoms with van der Waals surface area (Å²) in [5.74, 6) is -0.0849. The Morgan fingerprint density at radius 2 is 1.67 bits per heavy atom. The van der Waals surface area contributed by atoms with Gasteiger partial charge in [-0.2, -0.15) is 17.0 Å². The predicted octanol–water partition coefficient (Wildman–Crippen LogP) is 4.11. The zero-order valence-electron chi connectivity index (χ0n) is 31.6. The molecule has 0 aromatic carbocycles. The molecule has 3 fully saturated rings. The number of Topliss-reactive ketones (excluding diaryl/α,β-unsaturated/α-hetero) is 3. The molecule has 0 aromatic heterocycles. The SMILES string of the molecule is C#CCCC(CC(=O)[C@@H]1[C@H]2CCC[C@H]2CN1C(=O)[C@@H](NC(=O)N[C@H](CN(C)S(=O)(=O)N(C)C)C(C)(C)C)C1CCCCC1)C(=O)C(=O)CCC=C. The molecule has 3 rings (SSSR count). The summed E-state index contributed by atoms with van der Waals surface area (Å²) in [7, 11) is 0.622. The first-order valence-electron chi connectivity index (χ1n) is 18.6. The quantitative estimate of drug-likeness (QED) is 0.122.